The Bertz CT molecular complexity index is 1110. The van der Waals surface area contributed by atoms with Crippen LogP contribution in [0, 0.1) is 0 Å². The van der Waals surface area contributed by atoms with E-state index in [0.29, 0.717) is 11.6 Å². The van der Waals surface area contributed by atoms with Crippen molar-refractivity contribution in [3.05, 3.63) is 60.8 Å². The van der Waals surface area contributed by atoms with Crippen molar-refractivity contribution in [2.75, 3.05) is 28.6 Å². The highest BCUT2D eigenvalue weighted by Gasteiger charge is 2.26. The normalized spacial score (nSPS) is 13.8. The van der Waals surface area contributed by atoms with Crippen molar-refractivity contribution in [3.8, 4) is 11.3 Å². The maximum Gasteiger partial charge on any atom is 0.412 e. The van der Waals surface area contributed by atoms with Crippen LogP contribution in [0.2, 0.25) is 0 Å². The first kappa shape index (κ1) is 22.2. The maximum atomic E-state index is 11.9. The number of piperidine rings is 1. The van der Waals surface area contributed by atoms with Crippen molar-refractivity contribution in [2.45, 2.75) is 25.8 Å². The Morgan fingerprint density at radius 3 is 2.30 bits per heavy atom. The minimum Gasteiger partial charge on any atom is -0.465 e. The van der Waals surface area contributed by atoms with Gasteiger partial charge in [-0.15, -0.1) is 0 Å². The van der Waals surface area contributed by atoms with Crippen LogP contribution >= 0.6 is 0 Å². The van der Waals surface area contributed by atoms with Gasteiger partial charge in [0.25, 0.3) is 0 Å². The van der Waals surface area contributed by atoms with E-state index in [9.17, 15) is 14.7 Å². The van der Waals surface area contributed by atoms with Crippen molar-refractivity contribution >= 4 is 35.0 Å². The molecule has 9 nitrogen and oxygen atoms in total. The Balaban J connectivity index is 1.47. The molecular formula is C24H26N6O3. The average Bonchev–Trinajstić information content (AvgIpc) is 2.81. The first-order chi connectivity index (χ1) is 16.0. The number of nitrogens with zero attached hydrogens (tertiary/aromatic N) is 3. The number of benzene rings is 2. The quantitative estimate of drug-likeness (QED) is 0.450. The molecule has 0 unspecified atom stereocenters. The molecule has 1 aliphatic heterocycles. The third kappa shape index (κ3) is 5.64. The Labute approximate surface area is 191 Å². The second-order valence-electron chi connectivity index (χ2n) is 7.83. The molecule has 33 heavy (non-hydrogen) atoms. The first-order valence-corrected chi connectivity index (χ1v) is 10.8. The highest BCUT2D eigenvalue weighted by atomic mass is 16.4. The highest BCUT2D eigenvalue weighted by Crippen LogP contribution is 2.26. The predicted octanol–water partition coefficient (Wildman–Crippen LogP) is 4.08. The molecule has 1 aromatic heterocycles. The van der Waals surface area contributed by atoms with Crippen LogP contribution in [0.5, 0.6) is 0 Å². The van der Waals surface area contributed by atoms with Crippen molar-refractivity contribution in [2.24, 2.45) is 0 Å². The third-order valence-electron chi connectivity index (χ3n) is 5.44. The number of rotatable bonds is 6. The van der Waals surface area contributed by atoms with Gasteiger partial charge in [0.1, 0.15) is 0 Å². The summed E-state index contributed by atoms with van der Waals surface area (Å²) in [5.74, 6) is 0.309. The minimum absolute atomic E-state index is 0.0281. The summed E-state index contributed by atoms with van der Waals surface area (Å²) in [5, 5.41) is 18.9. The zero-order valence-corrected chi connectivity index (χ0v) is 18.3. The van der Waals surface area contributed by atoms with Crippen LogP contribution in [0.3, 0.4) is 0 Å². The van der Waals surface area contributed by atoms with E-state index in [4.69, 9.17) is 0 Å². The van der Waals surface area contributed by atoms with E-state index < -0.39 is 6.09 Å². The van der Waals surface area contributed by atoms with Gasteiger partial charge in [-0.3, -0.25) is 9.69 Å². The summed E-state index contributed by atoms with van der Waals surface area (Å²) < 4.78 is 0. The van der Waals surface area contributed by atoms with Crippen LogP contribution < -0.4 is 20.9 Å². The molecule has 170 valence electrons. The average molecular weight is 447 g/mol. The summed E-state index contributed by atoms with van der Waals surface area (Å²) in [6.45, 7) is 3.10. The number of aromatic nitrogens is 2. The molecule has 1 saturated heterocycles. The van der Waals surface area contributed by atoms with Gasteiger partial charge in [-0.2, -0.15) is 0 Å². The van der Waals surface area contributed by atoms with E-state index in [-0.39, 0.29) is 11.9 Å². The number of anilines is 4. The van der Waals surface area contributed by atoms with Crippen LogP contribution in [0.15, 0.2) is 60.8 Å². The van der Waals surface area contributed by atoms with Crippen LogP contribution in [-0.2, 0) is 4.79 Å². The monoisotopic (exact) mass is 446 g/mol. The Morgan fingerprint density at radius 2 is 1.67 bits per heavy atom. The maximum absolute atomic E-state index is 11.9. The van der Waals surface area contributed by atoms with Crippen molar-refractivity contribution < 1.29 is 14.7 Å². The molecule has 3 aromatic rings. The van der Waals surface area contributed by atoms with E-state index in [1.807, 2.05) is 42.5 Å². The highest BCUT2D eigenvalue weighted by molar-refractivity contribution is 5.89. The zero-order chi connectivity index (χ0) is 23.2. The molecule has 1 fully saturated rings. The minimum atomic E-state index is -0.942. The van der Waals surface area contributed by atoms with E-state index >= 15 is 0 Å². The standard InChI is InChI=1S/C24H26N6O3/c1-16(31)27-18-4-2-17(3-5-18)22-12-15-26-23(29-22)28-19-6-8-20(9-7-19)30(24(32)33)21-10-13-25-14-11-21/h2-9,12,15,21,25H,10-11,13-14H2,1H3,(H,27,31)(H,32,33)(H,26,28,29). The number of amides is 2. The van der Waals surface area contributed by atoms with E-state index in [0.717, 1.165) is 48.6 Å². The molecule has 0 spiro atoms. The van der Waals surface area contributed by atoms with E-state index in [1.165, 1.54) is 11.8 Å². The van der Waals surface area contributed by atoms with Gasteiger partial charge in [0.2, 0.25) is 11.9 Å². The van der Waals surface area contributed by atoms with Crippen LogP contribution in [0.4, 0.5) is 27.8 Å². The largest absolute Gasteiger partial charge is 0.465 e. The third-order valence-corrected chi connectivity index (χ3v) is 5.44. The molecule has 4 N–H and O–H groups in total. The molecule has 0 aliphatic carbocycles. The van der Waals surface area contributed by atoms with Gasteiger partial charge in [0.15, 0.2) is 0 Å². The molecule has 0 saturated carbocycles. The molecular weight excluding hydrogens is 420 g/mol. The lowest BCUT2D eigenvalue weighted by Crippen LogP contribution is -2.45. The number of carbonyl (C=O) groups excluding carboxylic acids is 1. The Kier molecular flexibility index (Phi) is 6.80. The summed E-state index contributed by atoms with van der Waals surface area (Å²) in [7, 11) is 0. The van der Waals surface area contributed by atoms with Gasteiger partial charge < -0.3 is 21.1 Å². The lowest BCUT2D eigenvalue weighted by atomic mass is 10.0. The number of carboxylic acid groups (broad SMARTS) is 1. The van der Waals surface area contributed by atoms with Gasteiger partial charge in [-0.25, -0.2) is 14.8 Å². The first-order valence-electron chi connectivity index (χ1n) is 10.8. The Morgan fingerprint density at radius 1 is 1.00 bits per heavy atom. The topological polar surface area (TPSA) is 119 Å². The summed E-state index contributed by atoms with van der Waals surface area (Å²) in [4.78, 5) is 33.4. The smallest absolute Gasteiger partial charge is 0.412 e. The second-order valence-corrected chi connectivity index (χ2v) is 7.83. The summed E-state index contributed by atoms with van der Waals surface area (Å²) in [5.41, 5.74) is 3.76. The van der Waals surface area contributed by atoms with Gasteiger partial charge in [0.05, 0.1) is 5.69 Å². The lowest BCUT2D eigenvalue weighted by Gasteiger charge is -2.32. The van der Waals surface area contributed by atoms with Crippen molar-refractivity contribution in [1.82, 2.24) is 15.3 Å². The van der Waals surface area contributed by atoms with Crippen LogP contribution in [0.25, 0.3) is 11.3 Å². The molecule has 1 aliphatic rings. The van der Waals surface area contributed by atoms with Gasteiger partial charge >= 0.3 is 6.09 Å². The van der Waals surface area contributed by atoms with E-state index in [2.05, 4.69) is 25.9 Å². The van der Waals surface area contributed by atoms with Crippen molar-refractivity contribution in [1.29, 1.82) is 0 Å². The summed E-state index contributed by atoms with van der Waals surface area (Å²) >= 11 is 0. The van der Waals surface area contributed by atoms with Crippen LogP contribution in [0.1, 0.15) is 19.8 Å². The molecule has 2 aromatic carbocycles. The molecule has 0 radical (unpaired) electrons. The van der Waals surface area contributed by atoms with Gasteiger partial charge in [0, 0.05) is 41.8 Å². The zero-order valence-electron chi connectivity index (χ0n) is 18.3. The molecule has 2 heterocycles. The van der Waals surface area contributed by atoms with Gasteiger partial charge in [-0.1, -0.05) is 12.1 Å². The number of hydrogen-bond donors (Lipinski definition) is 4. The number of carbonyl (C=O) groups is 2. The van der Waals surface area contributed by atoms with E-state index in [1.54, 1.807) is 18.3 Å². The predicted molar refractivity (Wildman–Crippen MR) is 128 cm³/mol. The molecule has 0 bridgehead atoms. The fraction of sp³-hybridized carbons (Fsp3) is 0.250. The summed E-state index contributed by atoms with van der Waals surface area (Å²) in [6.07, 6.45) is 2.31. The Hall–Kier alpha value is -3.98. The SMILES string of the molecule is CC(=O)Nc1ccc(-c2ccnc(Nc3ccc(N(C(=O)O)C4CCNCC4)cc3)n2)cc1. The van der Waals surface area contributed by atoms with Crippen molar-refractivity contribution in [3.63, 3.8) is 0 Å². The fourth-order valence-electron chi connectivity index (χ4n) is 3.88. The molecule has 4 rings (SSSR count). The summed E-state index contributed by atoms with van der Waals surface area (Å²) in [6, 6.07) is 16.4. The fourth-order valence-corrected chi connectivity index (χ4v) is 3.88. The van der Waals surface area contributed by atoms with Gasteiger partial charge in [-0.05, 0) is 68.4 Å². The number of nitrogens with one attached hydrogen (secondary N) is 3. The second kappa shape index (κ2) is 10.1. The van der Waals surface area contributed by atoms with Crippen LogP contribution in [-0.4, -0.2) is 46.2 Å². The lowest BCUT2D eigenvalue weighted by molar-refractivity contribution is -0.114. The molecule has 0 atom stereocenters. The molecule has 9 heteroatoms. The molecule has 2 amide bonds. The number of hydrogen-bond acceptors (Lipinski definition) is 6.